The summed E-state index contributed by atoms with van der Waals surface area (Å²) in [6.07, 6.45) is 2.59. The van der Waals surface area contributed by atoms with E-state index in [1.807, 2.05) is 19.1 Å². The number of nitrogens with zero attached hydrogens (tertiary/aromatic N) is 1. The van der Waals surface area contributed by atoms with Gasteiger partial charge in [-0.2, -0.15) is 0 Å². The molecule has 2 rings (SSSR count). The molecule has 0 fully saturated rings. The van der Waals surface area contributed by atoms with Crippen molar-refractivity contribution in [3.63, 3.8) is 0 Å². The minimum Gasteiger partial charge on any atom is -0.346 e. The van der Waals surface area contributed by atoms with Crippen molar-refractivity contribution in [3.05, 3.63) is 69.6 Å². The highest BCUT2D eigenvalue weighted by Gasteiger charge is 2.12. The molecule has 0 aliphatic rings. The van der Waals surface area contributed by atoms with E-state index in [2.05, 4.69) is 24.4 Å². The monoisotopic (exact) mass is 284 g/mol. The van der Waals surface area contributed by atoms with Crippen molar-refractivity contribution in [2.75, 3.05) is 0 Å². The first-order valence-corrected chi connectivity index (χ1v) is 7.07. The lowest BCUT2D eigenvalue weighted by molar-refractivity contribution is 0.0939. The normalized spacial score (nSPS) is 12.0. The molecule has 1 N–H and O–H groups in total. The number of aromatic nitrogens is 1. The molecular weight excluding hydrogens is 264 g/mol. The molecule has 0 radical (unpaired) electrons. The zero-order valence-electron chi connectivity index (χ0n) is 12.6. The molecule has 4 nitrogen and oxygen atoms in total. The predicted octanol–water partition coefficient (Wildman–Crippen LogP) is 2.44. The molecule has 1 aromatic heterocycles. The van der Waals surface area contributed by atoms with E-state index in [0.29, 0.717) is 5.56 Å². The van der Waals surface area contributed by atoms with Crippen LogP contribution in [0.3, 0.4) is 0 Å². The molecular formula is C17H20N2O2. The summed E-state index contributed by atoms with van der Waals surface area (Å²) in [4.78, 5) is 23.7. The third kappa shape index (κ3) is 3.60. The first-order valence-electron chi connectivity index (χ1n) is 7.07. The summed E-state index contributed by atoms with van der Waals surface area (Å²) in [6, 6.07) is 11.1. The molecule has 0 saturated heterocycles. The lowest BCUT2D eigenvalue weighted by Gasteiger charge is -2.15. The highest BCUT2D eigenvalue weighted by atomic mass is 16.2. The van der Waals surface area contributed by atoms with Gasteiger partial charge in [0.2, 0.25) is 0 Å². The van der Waals surface area contributed by atoms with Crippen molar-refractivity contribution < 1.29 is 4.79 Å². The van der Waals surface area contributed by atoms with Gasteiger partial charge in [0.1, 0.15) is 0 Å². The summed E-state index contributed by atoms with van der Waals surface area (Å²) in [6.45, 7) is 4.04. The molecule has 110 valence electrons. The Morgan fingerprint density at radius 2 is 1.90 bits per heavy atom. The van der Waals surface area contributed by atoms with Gasteiger partial charge in [-0.25, -0.2) is 0 Å². The van der Waals surface area contributed by atoms with Crippen molar-refractivity contribution in [1.82, 2.24) is 9.88 Å². The molecule has 1 amide bonds. The van der Waals surface area contributed by atoms with E-state index in [-0.39, 0.29) is 17.5 Å². The fourth-order valence-corrected chi connectivity index (χ4v) is 2.10. The topological polar surface area (TPSA) is 51.1 Å². The highest BCUT2D eigenvalue weighted by molar-refractivity contribution is 5.94. The van der Waals surface area contributed by atoms with Crippen molar-refractivity contribution in [1.29, 1.82) is 0 Å². The number of amides is 1. The van der Waals surface area contributed by atoms with Gasteiger partial charge in [-0.1, -0.05) is 31.2 Å². The Labute approximate surface area is 124 Å². The summed E-state index contributed by atoms with van der Waals surface area (Å²) in [5.41, 5.74) is 2.51. The standard InChI is InChI=1S/C17H20N2O2/c1-4-13-5-7-14(8-6-13)12(2)18-17(21)15-9-10-19(3)16(20)11-15/h5-12H,4H2,1-3H3,(H,18,21). The van der Waals surface area contributed by atoms with Gasteiger partial charge in [0, 0.05) is 24.9 Å². The number of nitrogens with one attached hydrogen (secondary N) is 1. The predicted molar refractivity (Wildman–Crippen MR) is 83.4 cm³/mol. The fourth-order valence-electron chi connectivity index (χ4n) is 2.10. The molecule has 0 bridgehead atoms. The number of carbonyl (C=O) groups is 1. The Morgan fingerprint density at radius 3 is 2.48 bits per heavy atom. The van der Waals surface area contributed by atoms with Gasteiger partial charge in [-0.05, 0) is 30.5 Å². The molecule has 4 heteroatoms. The zero-order chi connectivity index (χ0) is 15.4. The number of aryl methyl sites for hydroxylation is 2. The maximum absolute atomic E-state index is 12.2. The average Bonchev–Trinajstić information content (AvgIpc) is 2.50. The highest BCUT2D eigenvalue weighted by Crippen LogP contribution is 2.14. The molecule has 1 unspecified atom stereocenters. The van der Waals surface area contributed by atoms with Gasteiger partial charge in [0.05, 0.1) is 6.04 Å². The fraction of sp³-hybridized carbons (Fsp3) is 0.294. The van der Waals surface area contributed by atoms with Crippen LogP contribution in [0.4, 0.5) is 0 Å². The van der Waals surface area contributed by atoms with Crippen molar-refractivity contribution in [3.8, 4) is 0 Å². The minimum atomic E-state index is -0.236. The Morgan fingerprint density at radius 1 is 1.24 bits per heavy atom. The molecule has 0 saturated carbocycles. The molecule has 0 spiro atoms. The molecule has 1 aromatic carbocycles. The molecule has 0 aliphatic carbocycles. The van der Waals surface area contributed by atoms with Crippen LogP contribution >= 0.6 is 0 Å². The smallest absolute Gasteiger partial charge is 0.252 e. The van der Waals surface area contributed by atoms with Crippen molar-refractivity contribution in [2.45, 2.75) is 26.3 Å². The lowest BCUT2D eigenvalue weighted by atomic mass is 10.0. The Balaban J connectivity index is 2.10. The van der Waals surface area contributed by atoms with Crippen molar-refractivity contribution >= 4 is 5.91 Å². The minimum absolute atomic E-state index is 0.104. The second-order valence-corrected chi connectivity index (χ2v) is 5.15. The molecule has 1 atom stereocenters. The largest absolute Gasteiger partial charge is 0.346 e. The maximum atomic E-state index is 12.2. The van der Waals surface area contributed by atoms with Gasteiger partial charge >= 0.3 is 0 Å². The molecule has 1 heterocycles. The second kappa shape index (κ2) is 6.39. The summed E-state index contributed by atoms with van der Waals surface area (Å²) in [5.74, 6) is -0.236. The van der Waals surface area contributed by atoms with E-state index < -0.39 is 0 Å². The van der Waals surface area contributed by atoms with Gasteiger partial charge in [0.15, 0.2) is 0 Å². The van der Waals surface area contributed by atoms with E-state index in [1.165, 1.54) is 16.2 Å². The summed E-state index contributed by atoms with van der Waals surface area (Å²) in [7, 11) is 1.65. The Bertz CT molecular complexity index is 687. The Kier molecular flexibility index (Phi) is 4.58. The average molecular weight is 284 g/mol. The van der Waals surface area contributed by atoms with E-state index >= 15 is 0 Å². The number of hydrogen-bond acceptors (Lipinski definition) is 2. The van der Waals surface area contributed by atoms with E-state index in [0.717, 1.165) is 12.0 Å². The third-order valence-corrected chi connectivity index (χ3v) is 3.60. The number of carbonyl (C=O) groups excluding carboxylic acids is 1. The number of hydrogen-bond donors (Lipinski definition) is 1. The summed E-state index contributed by atoms with van der Waals surface area (Å²) >= 11 is 0. The quantitative estimate of drug-likeness (QED) is 0.937. The first-order chi connectivity index (χ1) is 10.0. The van der Waals surface area contributed by atoms with Gasteiger partial charge in [-0.15, -0.1) is 0 Å². The first kappa shape index (κ1) is 15.0. The lowest BCUT2D eigenvalue weighted by Crippen LogP contribution is -2.28. The third-order valence-electron chi connectivity index (χ3n) is 3.60. The van der Waals surface area contributed by atoms with Crippen LogP contribution in [0.5, 0.6) is 0 Å². The number of rotatable bonds is 4. The summed E-state index contributed by atoms with van der Waals surface area (Å²) < 4.78 is 1.43. The van der Waals surface area contributed by atoms with Gasteiger partial charge in [0.25, 0.3) is 11.5 Å². The van der Waals surface area contributed by atoms with E-state index in [4.69, 9.17) is 0 Å². The van der Waals surface area contributed by atoms with E-state index in [9.17, 15) is 9.59 Å². The van der Waals surface area contributed by atoms with E-state index in [1.54, 1.807) is 19.3 Å². The maximum Gasteiger partial charge on any atom is 0.252 e. The van der Waals surface area contributed by atoms with Gasteiger partial charge < -0.3 is 9.88 Å². The van der Waals surface area contributed by atoms with Crippen LogP contribution in [0.25, 0.3) is 0 Å². The molecule has 0 aliphatic heterocycles. The Hall–Kier alpha value is -2.36. The van der Waals surface area contributed by atoms with Crippen LogP contribution < -0.4 is 10.9 Å². The van der Waals surface area contributed by atoms with Crippen LogP contribution in [0, 0.1) is 0 Å². The summed E-state index contributed by atoms with van der Waals surface area (Å²) in [5, 5.41) is 2.91. The van der Waals surface area contributed by atoms with Crippen LogP contribution in [0.2, 0.25) is 0 Å². The number of pyridine rings is 1. The van der Waals surface area contributed by atoms with Crippen LogP contribution in [0.1, 0.15) is 41.4 Å². The zero-order valence-corrected chi connectivity index (χ0v) is 12.6. The van der Waals surface area contributed by atoms with Crippen LogP contribution in [-0.4, -0.2) is 10.5 Å². The SMILES string of the molecule is CCc1ccc(C(C)NC(=O)c2ccn(C)c(=O)c2)cc1. The van der Waals surface area contributed by atoms with Crippen molar-refractivity contribution in [2.24, 2.45) is 7.05 Å². The molecule has 21 heavy (non-hydrogen) atoms. The molecule has 2 aromatic rings. The van der Waals surface area contributed by atoms with Crippen LogP contribution in [0.15, 0.2) is 47.4 Å². The second-order valence-electron chi connectivity index (χ2n) is 5.15. The number of benzene rings is 1. The van der Waals surface area contributed by atoms with Crippen LogP contribution in [-0.2, 0) is 13.5 Å². The van der Waals surface area contributed by atoms with Gasteiger partial charge in [-0.3, -0.25) is 9.59 Å².